The van der Waals surface area contributed by atoms with Gasteiger partial charge in [-0.25, -0.2) is 0 Å². The van der Waals surface area contributed by atoms with Gasteiger partial charge in [0.2, 0.25) is 0 Å². The topological polar surface area (TPSA) is 41.0 Å². The van der Waals surface area contributed by atoms with Crippen LogP contribution in [0, 0.1) is 0 Å². The number of likely N-dealkylation sites (N-methyl/N-ethyl adjacent to an activating group) is 1. The first-order chi connectivity index (χ1) is 6.66. The maximum Gasteiger partial charge on any atom is 0.266 e. The molecule has 1 aromatic rings. The second-order valence-electron chi connectivity index (χ2n) is 4.28. The Morgan fingerprint density at radius 3 is 2.86 bits per heavy atom. The highest BCUT2D eigenvalue weighted by molar-refractivity contribution is 5.12. The molecular formula is C10H17N3O. The lowest BCUT2D eigenvalue weighted by molar-refractivity contribution is 0.369. The van der Waals surface area contributed by atoms with Gasteiger partial charge in [0.25, 0.3) is 5.56 Å². The van der Waals surface area contributed by atoms with E-state index in [-0.39, 0.29) is 5.56 Å². The number of rotatable bonds is 4. The Labute approximate surface area is 83.5 Å². The van der Waals surface area contributed by atoms with Gasteiger partial charge in [-0.05, 0) is 26.9 Å². The summed E-state index contributed by atoms with van der Waals surface area (Å²) in [6.07, 6.45) is 2.46. The van der Waals surface area contributed by atoms with Crippen molar-refractivity contribution in [3.05, 3.63) is 22.1 Å². The van der Waals surface area contributed by atoms with Gasteiger partial charge in [-0.3, -0.25) is 14.6 Å². The van der Waals surface area contributed by atoms with Crippen LogP contribution in [0.5, 0.6) is 0 Å². The van der Waals surface area contributed by atoms with Crippen molar-refractivity contribution >= 4 is 0 Å². The SMILES string of the molecule is CN(C)CCn1[nH]c(C2CC2)cc1=O. The van der Waals surface area contributed by atoms with Gasteiger partial charge in [0.15, 0.2) is 0 Å². The summed E-state index contributed by atoms with van der Waals surface area (Å²) in [7, 11) is 4.02. The smallest absolute Gasteiger partial charge is 0.266 e. The lowest BCUT2D eigenvalue weighted by Crippen LogP contribution is -2.24. The predicted molar refractivity (Wildman–Crippen MR) is 55.6 cm³/mol. The Morgan fingerprint density at radius 2 is 2.29 bits per heavy atom. The van der Waals surface area contributed by atoms with Gasteiger partial charge in [0.05, 0.1) is 6.54 Å². The van der Waals surface area contributed by atoms with Crippen LogP contribution < -0.4 is 5.56 Å². The van der Waals surface area contributed by atoms with Gasteiger partial charge in [-0.1, -0.05) is 0 Å². The molecule has 1 heterocycles. The van der Waals surface area contributed by atoms with E-state index in [0.717, 1.165) is 18.8 Å². The zero-order valence-electron chi connectivity index (χ0n) is 8.79. The van der Waals surface area contributed by atoms with Crippen molar-refractivity contribution < 1.29 is 0 Å². The molecule has 0 amide bonds. The van der Waals surface area contributed by atoms with Crippen LogP contribution in [-0.4, -0.2) is 35.3 Å². The van der Waals surface area contributed by atoms with E-state index in [1.165, 1.54) is 12.8 Å². The molecule has 1 saturated carbocycles. The molecule has 0 atom stereocenters. The first-order valence-corrected chi connectivity index (χ1v) is 5.11. The van der Waals surface area contributed by atoms with Crippen LogP contribution >= 0.6 is 0 Å². The summed E-state index contributed by atoms with van der Waals surface area (Å²) < 4.78 is 1.70. The van der Waals surface area contributed by atoms with Gasteiger partial charge in [0, 0.05) is 24.2 Å². The molecule has 1 aliphatic rings. The molecule has 14 heavy (non-hydrogen) atoms. The first-order valence-electron chi connectivity index (χ1n) is 5.11. The quantitative estimate of drug-likeness (QED) is 0.765. The van der Waals surface area contributed by atoms with E-state index in [0.29, 0.717) is 5.92 Å². The summed E-state index contributed by atoms with van der Waals surface area (Å²) >= 11 is 0. The summed E-state index contributed by atoms with van der Waals surface area (Å²) in [6.45, 7) is 1.64. The lowest BCUT2D eigenvalue weighted by atomic mass is 10.3. The fraction of sp³-hybridized carbons (Fsp3) is 0.700. The average Bonchev–Trinajstić information content (AvgIpc) is 2.88. The van der Waals surface area contributed by atoms with Gasteiger partial charge in [-0.15, -0.1) is 0 Å². The molecule has 0 aliphatic heterocycles. The van der Waals surface area contributed by atoms with E-state index < -0.39 is 0 Å². The number of hydrogen-bond donors (Lipinski definition) is 1. The lowest BCUT2D eigenvalue weighted by Gasteiger charge is -2.08. The minimum atomic E-state index is 0.105. The molecular weight excluding hydrogens is 178 g/mol. The predicted octanol–water partition coefficient (Wildman–Crippen LogP) is 0.615. The largest absolute Gasteiger partial charge is 0.308 e. The fourth-order valence-electron chi connectivity index (χ4n) is 1.52. The molecule has 78 valence electrons. The zero-order valence-corrected chi connectivity index (χ0v) is 8.79. The zero-order chi connectivity index (χ0) is 10.1. The number of hydrogen-bond acceptors (Lipinski definition) is 2. The van der Waals surface area contributed by atoms with Gasteiger partial charge >= 0.3 is 0 Å². The van der Waals surface area contributed by atoms with E-state index in [1.807, 2.05) is 14.1 Å². The normalized spacial score (nSPS) is 16.5. The molecule has 0 spiro atoms. The molecule has 0 unspecified atom stereocenters. The second-order valence-corrected chi connectivity index (χ2v) is 4.28. The van der Waals surface area contributed by atoms with Gasteiger partial charge < -0.3 is 4.90 Å². The maximum absolute atomic E-state index is 11.5. The van der Waals surface area contributed by atoms with Crippen LogP contribution in [0.4, 0.5) is 0 Å². The molecule has 1 fully saturated rings. The first kappa shape index (κ1) is 9.52. The van der Waals surface area contributed by atoms with E-state index >= 15 is 0 Å². The minimum absolute atomic E-state index is 0.105. The number of aromatic amines is 1. The number of aromatic nitrogens is 2. The van der Waals surface area contributed by atoms with Crippen molar-refractivity contribution in [2.75, 3.05) is 20.6 Å². The van der Waals surface area contributed by atoms with Crippen LogP contribution in [0.1, 0.15) is 24.5 Å². The average molecular weight is 195 g/mol. The third-order valence-electron chi connectivity index (χ3n) is 2.60. The Balaban J connectivity index is 2.05. The van der Waals surface area contributed by atoms with Crippen LogP contribution in [0.2, 0.25) is 0 Å². The van der Waals surface area contributed by atoms with Gasteiger partial charge in [-0.2, -0.15) is 0 Å². The molecule has 1 N–H and O–H groups in total. The third-order valence-corrected chi connectivity index (χ3v) is 2.60. The van der Waals surface area contributed by atoms with Crippen molar-refractivity contribution in [2.24, 2.45) is 0 Å². The minimum Gasteiger partial charge on any atom is -0.308 e. The molecule has 2 rings (SSSR count). The fourth-order valence-corrected chi connectivity index (χ4v) is 1.52. The van der Waals surface area contributed by atoms with Crippen molar-refractivity contribution in [1.29, 1.82) is 0 Å². The molecule has 0 saturated heterocycles. The van der Waals surface area contributed by atoms with E-state index in [4.69, 9.17) is 0 Å². The molecule has 0 aromatic carbocycles. The van der Waals surface area contributed by atoms with E-state index in [1.54, 1.807) is 10.7 Å². The van der Waals surface area contributed by atoms with E-state index in [2.05, 4.69) is 10.00 Å². The highest BCUT2D eigenvalue weighted by atomic mass is 16.1. The Morgan fingerprint density at radius 1 is 1.57 bits per heavy atom. The molecule has 4 heteroatoms. The second kappa shape index (κ2) is 3.61. The van der Waals surface area contributed by atoms with Crippen LogP contribution in [0.3, 0.4) is 0 Å². The Hall–Kier alpha value is -1.03. The Bertz CT molecular complexity index is 360. The highest BCUT2D eigenvalue weighted by Crippen LogP contribution is 2.38. The highest BCUT2D eigenvalue weighted by Gasteiger charge is 2.25. The monoisotopic (exact) mass is 195 g/mol. The van der Waals surface area contributed by atoms with Crippen LogP contribution in [-0.2, 0) is 6.54 Å². The van der Waals surface area contributed by atoms with Crippen LogP contribution in [0.15, 0.2) is 10.9 Å². The van der Waals surface area contributed by atoms with Crippen molar-refractivity contribution in [1.82, 2.24) is 14.7 Å². The summed E-state index contributed by atoms with van der Waals surface area (Å²) in [5, 5.41) is 3.18. The summed E-state index contributed by atoms with van der Waals surface area (Å²) in [5.41, 5.74) is 1.22. The van der Waals surface area contributed by atoms with Crippen molar-refractivity contribution in [3.63, 3.8) is 0 Å². The third kappa shape index (κ3) is 2.07. The van der Waals surface area contributed by atoms with Crippen molar-refractivity contribution in [2.45, 2.75) is 25.3 Å². The number of H-pyrrole nitrogens is 1. The van der Waals surface area contributed by atoms with Gasteiger partial charge in [0.1, 0.15) is 0 Å². The summed E-state index contributed by atoms with van der Waals surface area (Å²) in [5.74, 6) is 0.628. The molecule has 1 aliphatic carbocycles. The standard InChI is InChI=1S/C10H17N3O/c1-12(2)5-6-13-10(14)7-9(11-13)8-3-4-8/h7-8,11H,3-6H2,1-2H3. The van der Waals surface area contributed by atoms with E-state index in [9.17, 15) is 4.79 Å². The molecule has 0 radical (unpaired) electrons. The molecule has 0 bridgehead atoms. The summed E-state index contributed by atoms with van der Waals surface area (Å²) in [4.78, 5) is 13.6. The summed E-state index contributed by atoms with van der Waals surface area (Å²) in [6, 6.07) is 1.74. The number of nitrogens with zero attached hydrogens (tertiary/aromatic N) is 2. The maximum atomic E-state index is 11.5. The van der Waals surface area contributed by atoms with Crippen molar-refractivity contribution in [3.8, 4) is 0 Å². The Kier molecular flexibility index (Phi) is 2.46. The molecule has 1 aromatic heterocycles. The van der Waals surface area contributed by atoms with Crippen LogP contribution in [0.25, 0.3) is 0 Å². The molecule has 4 nitrogen and oxygen atoms in total. The number of nitrogens with one attached hydrogen (secondary N) is 1.